The highest BCUT2D eigenvalue weighted by molar-refractivity contribution is 5.90. The van der Waals surface area contributed by atoms with Gasteiger partial charge in [-0.2, -0.15) is 5.10 Å². The molecule has 1 rings (SSSR count). The maximum absolute atomic E-state index is 11.5. The molecule has 0 saturated carbocycles. The number of nitrogens with zero attached hydrogens (tertiary/aromatic N) is 1. The summed E-state index contributed by atoms with van der Waals surface area (Å²) in [6.07, 6.45) is 0.845. The van der Waals surface area contributed by atoms with Gasteiger partial charge in [-0.25, -0.2) is 0 Å². The molecule has 0 fully saturated rings. The lowest BCUT2D eigenvalue weighted by molar-refractivity contribution is -0.118. The molecule has 1 amide bonds. The van der Waals surface area contributed by atoms with Crippen molar-refractivity contribution < 1.29 is 9.53 Å². The van der Waals surface area contributed by atoms with E-state index >= 15 is 0 Å². The number of hydrogen-bond donors (Lipinski definition) is 3. The Labute approximate surface area is 94.5 Å². The molecular weight excluding hydrogens is 208 g/mol. The predicted octanol–water partition coefficient (Wildman–Crippen LogP) is 0.274. The minimum atomic E-state index is -0.246. The molecule has 0 bridgehead atoms. The van der Waals surface area contributed by atoms with Crippen LogP contribution in [0.15, 0.2) is 6.07 Å². The van der Waals surface area contributed by atoms with Gasteiger partial charge in [0.1, 0.15) is 0 Å². The van der Waals surface area contributed by atoms with Gasteiger partial charge >= 0.3 is 0 Å². The Morgan fingerprint density at radius 2 is 2.50 bits per heavy atom. The zero-order valence-corrected chi connectivity index (χ0v) is 9.62. The van der Waals surface area contributed by atoms with Crippen molar-refractivity contribution in [3.05, 3.63) is 11.8 Å². The number of ether oxygens (including phenoxy) is 1. The Morgan fingerprint density at radius 1 is 1.75 bits per heavy atom. The van der Waals surface area contributed by atoms with Crippen LogP contribution in [0.4, 0.5) is 5.82 Å². The van der Waals surface area contributed by atoms with Gasteiger partial charge in [0.25, 0.3) is 0 Å². The molecular formula is C10H18N4O2. The van der Waals surface area contributed by atoms with Crippen LogP contribution in [0.25, 0.3) is 0 Å². The van der Waals surface area contributed by atoms with Crippen LogP contribution in [0.5, 0.6) is 0 Å². The van der Waals surface area contributed by atoms with E-state index in [1.165, 1.54) is 7.11 Å². The van der Waals surface area contributed by atoms with Crippen LogP contribution < -0.4 is 11.1 Å². The number of aromatic nitrogens is 2. The molecule has 0 aliphatic rings. The first-order valence-electron chi connectivity index (χ1n) is 5.26. The second kappa shape index (κ2) is 6.24. The fourth-order valence-electron chi connectivity index (χ4n) is 1.27. The van der Waals surface area contributed by atoms with E-state index in [9.17, 15) is 4.79 Å². The number of carbonyl (C=O) groups is 1. The molecule has 0 spiro atoms. The van der Waals surface area contributed by atoms with Crippen LogP contribution in [0.3, 0.4) is 0 Å². The molecule has 1 heterocycles. The van der Waals surface area contributed by atoms with Gasteiger partial charge in [0.05, 0.1) is 12.5 Å². The molecule has 6 heteroatoms. The van der Waals surface area contributed by atoms with Crippen molar-refractivity contribution in [3.63, 3.8) is 0 Å². The lowest BCUT2D eigenvalue weighted by Crippen LogP contribution is -2.28. The van der Waals surface area contributed by atoms with E-state index in [2.05, 4.69) is 15.5 Å². The predicted molar refractivity (Wildman–Crippen MR) is 61.1 cm³/mol. The van der Waals surface area contributed by atoms with Crippen LogP contribution in [-0.4, -0.2) is 35.9 Å². The van der Waals surface area contributed by atoms with Crippen molar-refractivity contribution in [1.82, 2.24) is 10.2 Å². The van der Waals surface area contributed by atoms with Crippen molar-refractivity contribution in [1.29, 1.82) is 0 Å². The monoisotopic (exact) mass is 226 g/mol. The summed E-state index contributed by atoms with van der Waals surface area (Å²) in [4.78, 5) is 11.5. The number of nitrogens with one attached hydrogen (secondary N) is 2. The Hall–Kier alpha value is -1.40. The number of methoxy groups -OCH3 is 1. The molecule has 0 aliphatic heterocycles. The van der Waals surface area contributed by atoms with Gasteiger partial charge in [-0.05, 0) is 6.42 Å². The fraction of sp³-hybridized carbons (Fsp3) is 0.600. The van der Waals surface area contributed by atoms with Crippen molar-refractivity contribution in [2.24, 2.45) is 5.73 Å². The number of amides is 1. The highest BCUT2D eigenvalue weighted by Crippen LogP contribution is 2.07. The smallest absolute Gasteiger partial charge is 0.228 e. The molecule has 1 unspecified atom stereocenters. The number of rotatable bonds is 6. The van der Waals surface area contributed by atoms with Crippen LogP contribution in [0.1, 0.15) is 19.0 Å². The molecule has 0 saturated heterocycles. The first kappa shape index (κ1) is 12.7. The molecule has 0 aliphatic carbocycles. The molecule has 4 N–H and O–H groups in total. The zero-order valence-electron chi connectivity index (χ0n) is 9.62. The Kier molecular flexibility index (Phi) is 4.94. The van der Waals surface area contributed by atoms with Crippen LogP contribution >= 0.6 is 0 Å². The third kappa shape index (κ3) is 3.63. The normalized spacial score (nSPS) is 12.4. The average Bonchev–Trinajstić information content (AvgIpc) is 2.73. The van der Waals surface area contributed by atoms with Gasteiger partial charge in [0.2, 0.25) is 5.91 Å². The highest BCUT2D eigenvalue weighted by Gasteiger charge is 2.12. The van der Waals surface area contributed by atoms with Crippen molar-refractivity contribution in [3.8, 4) is 0 Å². The van der Waals surface area contributed by atoms with Gasteiger partial charge in [0.15, 0.2) is 5.82 Å². The van der Waals surface area contributed by atoms with Gasteiger partial charge < -0.3 is 15.8 Å². The molecule has 1 aromatic rings. The van der Waals surface area contributed by atoms with E-state index in [1.807, 2.05) is 13.0 Å². The van der Waals surface area contributed by atoms with Crippen LogP contribution in [-0.2, 0) is 16.0 Å². The first-order chi connectivity index (χ1) is 7.69. The van der Waals surface area contributed by atoms with Crippen LogP contribution in [0, 0.1) is 0 Å². The maximum Gasteiger partial charge on any atom is 0.228 e. The molecule has 0 aromatic carbocycles. The minimum absolute atomic E-state index is 0.147. The van der Waals surface area contributed by atoms with E-state index in [1.54, 1.807) is 0 Å². The second-order valence-corrected chi connectivity index (χ2v) is 3.48. The van der Waals surface area contributed by atoms with E-state index in [4.69, 9.17) is 10.5 Å². The van der Waals surface area contributed by atoms with E-state index < -0.39 is 0 Å². The Bertz CT molecular complexity index is 333. The molecule has 6 nitrogen and oxygen atoms in total. The third-order valence-electron chi connectivity index (χ3n) is 2.29. The van der Waals surface area contributed by atoms with Gasteiger partial charge in [-0.15, -0.1) is 0 Å². The van der Waals surface area contributed by atoms with E-state index in [0.29, 0.717) is 12.4 Å². The highest BCUT2D eigenvalue weighted by atomic mass is 16.5. The lowest BCUT2D eigenvalue weighted by Gasteiger charge is -2.11. The number of anilines is 1. The summed E-state index contributed by atoms with van der Waals surface area (Å²) in [6.45, 7) is 2.33. The molecule has 0 radical (unpaired) electrons. The lowest BCUT2D eigenvalue weighted by atomic mass is 10.2. The summed E-state index contributed by atoms with van der Waals surface area (Å²) in [7, 11) is 1.54. The number of nitrogens with two attached hydrogens (primary N) is 1. The van der Waals surface area contributed by atoms with E-state index in [-0.39, 0.29) is 18.4 Å². The first-order valence-corrected chi connectivity index (χ1v) is 5.26. The number of carbonyl (C=O) groups excluding carboxylic acids is 1. The van der Waals surface area contributed by atoms with Crippen molar-refractivity contribution >= 4 is 11.7 Å². The summed E-state index contributed by atoms with van der Waals surface area (Å²) in [5.41, 5.74) is 6.41. The number of H-pyrrole nitrogens is 1. The maximum atomic E-state index is 11.5. The van der Waals surface area contributed by atoms with Gasteiger partial charge in [-0.1, -0.05) is 6.92 Å². The molecule has 16 heavy (non-hydrogen) atoms. The van der Waals surface area contributed by atoms with Gasteiger partial charge in [-0.3, -0.25) is 9.89 Å². The fourth-order valence-corrected chi connectivity index (χ4v) is 1.27. The molecule has 1 atom stereocenters. The standard InChI is InChI=1S/C10H18N4O2/c1-3-7-4-9(14-13-7)12-10(15)5-8(6-11)16-2/h4,8H,3,5-6,11H2,1-2H3,(H2,12,13,14,15). The number of aromatic amines is 1. The van der Waals surface area contributed by atoms with Crippen molar-refractivity contribution in [2.45, 2.75) is 25.9 Å². The second-order valence-electron chi connectivity index (χ2n) is 3.48. The average molecular weight is 226 g/mol. The number of hydrogen-bond acceptors (Lipinski definition) is 4. The Balaban J connectivity index is 2.44. The van der Waals surface area contributed by atoms with E-state index in [0.717, 1.165) is 12.1 Å². The van der Waals surface area contributed by atoms with Crippen molar-refractivity contribution in [2.75, 3.05) is 19.0 Å². The molecule has 90 valence electrons. The quantitative estimate of drug-likeness (QED) is 0.649. The summed E-state index contributed by atoms with van der Waals surface area (Å²) >= 11 is 0. The topological polar surface area (TPSA) is 93.0 Å². The Morgan fingerprint density at radius 3 is 3.00 bits per heavy atom. The molecule has 1 aromatic heterocycles. The third-order valence-corrected chi connectivity index (χ3v) is 2.29. The minimum Gasteiger partial charge on any atom is -0.380 e. The SMILES string of the molecule is CCc1cc(NC(=O)CC(CN)OC)n[nH]1. The van der Waals surface area contributed by atoms with Crippen LogP contribution in [0.2, 0.25) is 0 Å². The number of aryl methyl sites for hydroxylation is 1. The summed E-state index contributed by atoms with van der Waals surface area (Å²) < 4.78 is 5.02. The zero-order chi connectivity index (χ0) is 12.0. The van der Waals surface area contributed by atoms with Gasteiger partial charge in [0, 0.05) is 25.4 Å². The summed E-state index contributed by atoms with van der Waals surface area (Å²) in [6, 6.07) is 1.81. The summed E-state index contributed by atoms with van der Waals surface area (Å²) in [5.74, 6) is 0.389. The largest absolute Gasteiger partial charge is 0.380 e. The summed E-state index contributed by atoms with van der Waals surface area (Å²) in [5, 5.41) is 9.46.